The fourth-order valence-electron chi connectivity index (χ4n) is 2.83. The van der Waals surface area contributed by atoms with E-state index in [9.17, 15) is 4.79 Å². The standard InChI is InChI=1S/C18H13N5OS/c19-10-11-25-18-21-20-17-22(12-13-6-2-1-3-7-13)16(24)14-8-4-5-9-15(14)23(17)18/h1-9H,11-12H2. The highest BCUT2D eigenvalue weighted by molar-refractivity contribution is 7.99. The zero-order valence-electron chi connectivity index (χ0n) is 13.2. The van der Waals surface area contributed by atoms with Crippen LogP contribution in [-0.2, 0) is 6.54 Å². The molecule has 0 aliphatic carbocycles. The summed E-state index contributed by atoms with van der Waals surface area (Å²) < 4.78 is 3.47. The molecule has 7 heteroatoms. The Labute approximate surface area is 147 Å². The lowest BCUT2D eigenvalue weighted by molar-refractivity contribution is 0.764. The van der Waals surface area contributed by atoms with Gasteiger partial charge in [-0.2, -0.15) is 5.26 Å². The van der Waals surface area contributed by atoms with Gasteiger partial charge in [0.15, 0.2) is 5.16 Å². The van der Waals surface area contributed by atoms with E-state index in [0.29, 0.717) is 22.9 Å². The minimum absolute atomic E-state index is 0.101. The third kappa shape index (κ3) is 2.66. The van der Waals surface area contributed by atoms with Gasteiger partial charge in [0.2, 0.25) is 5.78 Å². The lowest BCUT2D eigenvalue weighted by Gasteiger charge is -2.11. The van der Waals surface area contributed by atoms with E-state index in [-0.39, 0.29) is 11.3 Å². The molecule has 2 aromatic heterocycles. The molecule has 6 nitrogen and oxygen atoms in total. The maximum absolute atomic E-state index is 13.0. The number of thioether (sulfide) groups is 1. The number of benzene rings is 2. The van der Waals surface area contributed by atoms with Gasteiger partial charge in [-0.1, -0.05) is 54.2 Å². The van der Waals surface area contributed by atoms with E-state index in [1.54, 1.807) is 10.6 Å². The molecule has 0 atom stereocenters. The molecule has 25 heavy (non-hydrogen) atoms. The summed E-state index contributed by atoms with van der Waals surface area (Å²) in [4.78, 5) is 13.0. The van der Waals surface area contributed by atoms with Gasteiger partial charge in [0.05, 0.1) is 29.3 Å². The average Bonchev–Trinajstić information content (AvgIpc) is 3.08. The largest absolute Gasteiger partial charge is 0.272 e. The summed E-state index contributed by atoms with van der Waals surface area (Å²) in [7, 11) is 0. The first-order valence-corrected chi connectivity index (χ1v) is 8.68. The van der Waals surface area contributed by atoms with Crippen LogP contribution in [0, 0.1) is 11.3 Å². The van der Waals surface area contributed by atoms with Crippen LogP contribution in [0.25, 0.3) is 16.7 Å². The summed E-state index contributed by atoms with van der Waals surface area (Å²) in [5, 5.41) is 18.5. The number of para-hydroxylation sites is 1. The minimum atomic E-state index is -0.101. The quantitative estimate of drug-likeness (QED) is 0.531. The smallest absolute Gasteiger partial charge is 0.263 e. The predicted octanol–water partition coefficient (Wildman–Crippen LogP) is 2.71. The minimum Gasteiger partial charge on any atom is -0.272 e. The highest BCUT2D eigenvalue weighted by Crippen LogP contribution is 2.21. The molecule has 2 aromatic carbocycles. The lowest BCUT2D eigenvalue weighted by atomic mass is 10.2. The third-order valence-corrected chi connectivity index (χ3v) is 4.72. The number of fused-ring (bicyclic) bond motifs is 3. The Morgan fingerprint density at radius 1 is 1.04 bits per heavy atom. The molecule has 0 aliphatic rings. The van der Waals surface area contributed by atoms with Crippen LogP contribution < -0.4 is 5.56 Å². The fraction of sp³-hybridized carbons (Fsp3) is 0.111. The molecule has 0 aliphatic heterocycles. The van der Waals surface area contributed by atoms with Crippen LogP contribution in [-0.4, -0.2) is 24.9 Å². The van der Waals surface area contributed by atoms with Crippen LogP contribution in [0.1, 0.15) is 5.56 Å². The summed E-state index contributed by atoms with van der Waals surface area (Å²) >= 11 is 1.31. The first kappa shape index (κ1) is 15.4. The lowest BCUT2D eigenvalue weighted by Crippen LogP contribution is -2.24. The number of hydrogen-bond acceptors (Lipinski definition) is 5. The van der Waals surface area contributed by atoms with Crippen molar-refractivity contribution in [1.82, 2.24) is 19.2 Å². The molecule has 0 amide bonds. The molecule has 122 valence electrons. The van der Waals surface area contributed by atoms with E-state index in [0.717, 1.165) is 11.1 Å². The monoisotopic (exact) mass is 347 g/mol. The van der Waals surface area contributed by atoms with Gasteiger partial charge < -0.3 is 0 Å². The van der Waals surface area contributed by atoms with E-state index >= 15 is 0 Å². The molecule has 2 heterocycles. The van der Waals surface area contributed by atoms with Gasteiger partial charge in [-0.3, -0.25) is 13.8 Å². The summed E-state index contributed by atoms with van der Waals surface area (Å²) in [6.07, 6.45) is 0. The van der Waals surface area contributed by atoms with Gasteiger partial charge >= 0.3 is 0 Å². The van der Waals surface area contributed by atoms with E-state index in [1.807, 2.05) is 52.9 Å². The Bertz CT molecular complexity index is 1160. The van der Waals surface area contributed by atoms with Gasteiger partial charge in [-0.05, 0) is 17.7 Å². The number of rotatable bonds is 4. The molecule has 0 N–H and O–H groups in total. The number of aromatic nitrogens is 4. The maximum Gasteiger partial charge on any atom is 0.263 e. The summed E-state index contributed by atoms with van der Waals surface area (Å²) in [6, 6.07) is 19.3. The SMILES string of the molecule is N#CCSc1nnc2n(Cc3ccccc3)c(=O)c3ccccc3n12. The molecule has 0 saturated heterocycles. The second-order valence-corrected chi connectivity index (χ2v) is 6.40. The summed E-state index contributed by atoms with van der Waals surface area (Å²) in [5.41, 5.74) is 1.66. The van der Waals surface area contributed by atoms with E-state index in [2.05, 4.69) is 16.3 Å². The van der Waals surface area contributed by atoms with Crippen molar-refractivity contribution in [3.05, 3.63) is 70.5 Å². The Morgan fingerprint density at radius 3 is 2.60 bits per heavy atom. The zero-order valence-corrected chi connectivity index (χ0v) is 14.0. The van der Waals surface area contributed by atoms with Crippen molar-refractivity contribution >= 4 is 28.4 Å². The third-order valence-electron chi connectivity index (χ3n) is 3.93. The number of nitriles is 1. The molecule has 0 radical (unpaired) electrons. The van der Waals surface area contributed by atoms with Gasteiger partial charge in [-0.25, -0.2) is 0 Å². The van der Waals surface area contributed by atoms with Crippen LogP contribution in [0.2, 0.25) is 0 Å². The molecule has 4 aromatic rings. The maximum atomic E-state index is 13.0. The first-order chi connectivity index (χ1) is 12.3. The molecule has 0 fully saturated rings. The second-order valence-electron chi connectivity index (χ2n) is 5.46. The molecule has 4 rings (SSSR count). The number of hydrogen-bond donors (Lipinski definition) is 0. The van der Waals surface area contributed by atoms with Crippen molar-refractivity contribution < 1.29 is 0 Å². The Morgan fingerprint density at radius 2 is 1.80 bits per heavy atom. The van der Waals surface area contributed by atoms with Crippen LogP contribution in [0.3, 0.4) is 0 Å². The summed E-state index contributed by atoms with van der Waals surface area (Å²) in [6.45, 7) is 0.412. The molecule has 0 spiro atoms. The van der Waals surface area contributed by atoms with E-state index < -0.39 is 0 Å². The second kappa shape index (κ2) is 6.42. The van der Waals surface area contributed by atoms with Crippen molar-refractivity contribution in [2.45, 2.75) is 11.7 Å². The van der Waals surface area contributed by atoms with Crippen LogP contribution in [0.5, 0.6) is 0 Å². The fourth-order valence-corrected chi connectivity index (χ4v) is 3.43. The Balaban J connectivity index is 2.01. The molecular weight excluding hydrogens is 334 g/mol. The average molecular weight is 347 g/mol. The number of nitrogens with zero attached hydrogens (tertiary/aromatic N) is 5. The molecular formula is C18H13N5OS. The van der Waals surface area contributed by atoms with Crippen molar-refractivity contribution in [2.24, 2.45) is 0 Å². The van der Waals surface area contributed by atoms with Gasteiger partial charge in [0.1, 0.15) is 0 Å². The van der Waals surface area contributed by atoms with E-state index in [1.165, 1.54) is 11.8 Å². The zero-order chi connectivity index (χ0) is 17.2. The molecule has 0 saturated carbocycles. The van der Waals surface area contributed by atoms with Crippen LogP contribution in [0.4, 0.5) is 0 Å². The van der Waals surface area contributed by atoms with Gasteiger partial charge in [0.25, 0.3) is 5.56 Å². The van der Waals surface area contributed by atoms with Gasteiger partial charge in [0, 0.05) is 0 Å². The van der Waals surface area contributed by atoms with Crippen molar-refractivity contribution in [2.75, 3.05) is 5.75 Å². The van der Waals surface area contributed by atoms with Crippen molar-refractivity contribution in [3.8, 4) is 6.07 Å². The first-order valence-electron chi connectivity index (χ1n) is 7.70. The highest BCUT2D eigenvalue weighted by Gasteiger charge is 2.16. The Kier molecular flexibility index (Phi) is 3.96. The van der Waals surface area contributed by atoms with Crippen LogP contribution >= 0.6 is 11.8 Å². The highest BCUT2D eigenvalue weighted by atomic mass is 32.2. The molecule has 0 bridgehead atoms. The topological polar surface area (TPSA) is 76.0 Å². The van der Waals surface area contributed by atoms with Gasteiger partial charge in [-0.15, -0.1) is 10.2 Å². The Hall–Kier alpha value is -3.11. The summed E-state index contributed by atoms with van der Waals surface area (Å²) in [5.74, 6) is 0.750. The van der Waals surface area contributed by atoms with Crippen molar-refractivity contribution in [3.63, 3.8) is 0 Å². The normalized spacial score (nSPS) is 11.0. The van der Waals surface area contributed by atoms with Crippen LogP contribution in [0.15, 0.2) is 64.5 Å². The molecule has 0 unspecified atom stereocenters. The van der Waals surface area contributed by atoms with Crippen molar-refractivity contribution in [1.29, 1.82) is 5.26 Å². The predicted molar refractivity (Wildman–Crippen MR) is 96.6 cm³/mol. The van der Waals surface area contributed by atoms with E-state index in [4.69, 9.17) is 5.26 Å².